The van der Waals surface area contributed by atoms with Crippen molar-refractivity contribution in [3.8, 4) is 0 Å². The summed E-state index contributed by atoms with van der Waals surface area (Å²) < 4.78 is 35.0. The summed E-state index contributed by atoms with van der Waals surface area (Å²) in [4.78, 5) is 29.2. The van der Waals surface area contributed by atoms with Crippen molar-refractivity contribution >= 4 is 41.1 Å². The molecule has 0 aliphatic rings. The van der Waals surface area contributed by atoms with Crippen LogP contribution in [0.15, 0.2) is 57.0 Å². The molecule has 168 valence electrons. The third-order valence-electron chi connectivity index (χ3n) is 4.22. The van der Waals surface area contributed by atoms with E-state index in [9.17, 15) is 18.4 Å². The van der Waals surface area contributed by atoms with E-state index < -0.39 is 24.2 Å². The number of aryl methyl sites for hydroxylation is 2. The van der Waals surface area contributed by atoms with Crippen LogP contribution in [0.3, 0.4) is 0 Å². The second-order valence-electron chi connectivity index (χ2n) is 6.47. The van der Waals surface area contributed by atoms with Crippen molar-refractivity contribution in [3.63, 3.8) is 0 Å². The van der Waals surface area contributed by atoms with Crippen LogP contribution in [0.2, 0.25) is 0 Å². The summed E-state index contributed by atoms with van der Waals surface area (Å²) in [5.41, 5.74) is 2.34. The SMILES string of the molecule is Cc1noc(C)c1CSc1ncccc1C(=O)OCC(=O)Nc1ccc(SC(F)F)cc1. The molecule has 0 spiro atoms. The number of carbonyl (C=O) groups is 2. The Bertz CT molecular complexity index is 1070. The number of halogens is 2. The van der Waals surface area contributed by atoms with Crippen LogP contribution in [-0.2, 0) is 15.3 Å². The first kappa shape index (κ1) is 23.7. The number of amides is 1. The van der Waals surface area contributed by atoms with Crippen molar-refractivity contribution < 1.29 is 27.6 Å². The average Bonchev–Trinajstić information content (AvgIpc) is 3.09. The first-order valence-electron chi connectivity index (χ1n) is 9.35. The molecular formula is C21H19F2N3O4S2. The molecule has 0 aliphatic heterocycles. The summed E-state index contributed by atoms with van der Waals surface area (Å²) in [5, 5.41) is 6.92. The van der Waals surface area contributed by atoms with Crippen LogP contribution in [-0.4, -0.2) is 34.4 Å². The van der Waals surface area contributed by atoms with Gasteiger partial charge in [0.25, 0.3) is 11.7 Å². The summed E-state index contributed by atoms with van der Waals surface area (Å²) in [6.07, 6.45) is 1.56. The zero-order valence-corrected chi connectivity index (χ0v) is 18.8. The van der Waals surface area contributed by atoms with E-state index in [4.69, 9.17) is 9.26 Å². The molecule has 2 heterocycles. The Hall–Kier alpha value is -2.92. The van der Waals surface area contributed by atoms with Crippen molar-refractivity contribution in [1.29, 1.82) is 0 Å². The molecule has 0 atom stereocenters. The third-order valence-corrected chi connectivity index (χ3v) is 5.98. The van der Waals surface area contributed by atoms with Gasteiger partial charge in [0.1, 0.15) is 10.8 Å². The first-order chi connectivity index (χ1) is 15.3. The highest BCUT2D eigenvalue weighted by Crippen LogP contribution is 2.28. The fraction of sp³-hybridized carbons (Fsp3) is 0.238. The number of hydrogen-bond acceptors (Lipinski definition) is 8. The van der Waals surface area contributed by atoms with Crippen LogP contribution in [0.1, 0.15) is 27.4 Å². The number of esters is 1. The van der Waals surface area contributed by atoms with Crippen LogP contribution >= 0.6 is 23.5 Å². The van der Waals surface area contributed by atoms with Gasteiger partial charge in [0.2, 0.25) is 0 Å². The number of ether oxygens (including phenoxy) is 1. The quantitative estimate of drug-likeness (QED) is 0.335. The number of hydrogen-bond donors (Lipinski definition) is 1. The van der Waals surface area contributed by atoms with E-state index in [1.165, 1.54) is 36.0 Å². The van der Waals surface area contributed by atoms with Gasteiger partial charge in [-0.25, -0.2) is 9.78 Å². The van der Waals surface area contributed by atoms with E-state index >= 15 is 0 Å². The summed E-state index contributed by atoms with van der Waals surface area (Å²) in [6.45, 7) is 3.15. The number of thioether (sulfide) groups is 2. The largest absolute Gasteiger partial charge is 0.452 e. The van der Waals surface area contributed by atoms with Crippen LogP contribution in [0.4, 0.5) is 14.5 Å². The van der Waals surface area contributed by atoms with Crippen LogP contribution in [0, 0.1) is 13.8 Å². The van der Waals surface area contributed by atoms with Crippen LogP contribution < -0.4 is 5.32 Å². The highest BCUT2D eigenvalue weighted by Gasteiger charge is 2.18. The normalized spacial score (nSPS) is 10.9. The lowest BCUT2D eigenvalue weighted by molar-refractivity contribution is -0.119. The van der Waals surface area contributed by atoms with Crippen molar-refractivity contribution in [1.82, 2.24) is 10.1 Å². The molecule has 32 heavy (non-hydrogen) atoms. The summed E-state index contributed by atoms with van der Waals surface area (Å²) >= 11 is 1.75. The van der Waals surface area contributed by atoms with Gasteiger partial charge >= 0.3 is 5.97 Å². The average molecular weight is 480 g/mol. The lowest BCUT2D eigenvalue weighted by atomic mass is 10.2. The molecule has 3 rings (SSSR count). The Labute approximate surface area is 191 Å². The Kier molecular flexibility index (Phi) is 8.23. The minimum atomic E-state index is -2.52. The van der Waals surface area contributed by atoms with Crippen LogP contribution in [0.5, 0.6) is 0 Å². The van der Waals surface area contributed by atoms with Gasteiger partial charge < -0.3 is 14.6 Å². The lowest BCUT2D eigenvalue weighted by Crippen LogP contribution is -2.21. The highest BCUT2D eigenvalue weighted by atomic mass is 32.2. The predicted octanol–water partition coefficient (Wildman–Crippen LogP) is 5.09. The predicted molar refractivity (Wildman–Crippen MR) is 117 cm³/mol. The topological polar surface area (TPSA) is 94.3 Å². The number of alkyl halides is 2. The smallest absolute Gasteiger partial charge is 0.341 e. The summed E-state index contributed by atoms with van der Waals surface area (Å²) in [7, 11) is 0. The van der Waals surface area contributed by atoms with E-state index in [2.05, 4.69) is 15.5 Å². The number of benzene rings is 1. The minimum Gasteiger partial charge on any atom is -0.452 e. The minimum absolute atomic E-state index is 0.241. The fourth-order valence-corrected chi connectivity index (χ4v) is 4.27. The van der Waals surface area contributed by atoms with Gasteiger partial charge in [0, 0.05) is 28.1 Å². The number of aromatic nitrogens is 2. The van der Waals surface area contributed by atoms with E-state index in [0.29, 0.717) is 38.9 Å². The maximum Gasteiger partial charge on any atom is 0.341 e. The first-order valence-corrected chi connectivity index (χ1v) is 11.2. The van der Waals surface area contributed by atoms with E-state index in [0.717, 1.165) is 11.3 Å². The van der Waals surface area contributed by atoms with Gasteiger partial charge in [-0.15, -0.1) is 11.8 Å². The van der Waals surface area contributed by atoms with Gasteiger partial charge in [-0.1, -0.05) is 16.9 Å². The number of nitrogens with zero attached hydrogens (tertiary/aromatic N) is 2. The Morgan fingerprint density at radius 2 is 1.94 bits per heavy atom. The second-order valence-corrected chi connectivity index (χ2v) is 8.50. The van der Waals surface area contributed by atoms with Gasteiger partial charge in [0.15, 0.2) is 6.61 Å². The highest BCUT2D eigenvalue weighted by molar-refractivity contribution is 7.99. The molecular weight excluding hydrogens is 460 g/mol. The van der Waals surface area contributed by atoms with Crippen molar-refractivity contribution in [2.24, 2.45) is 0 Å². The molecule has 0 radical (unpaired) electrons. The molecule has 1 amide bonds. The molecule has 3 aromatic rings. The molecule has 0 saturated carbocycles. The summed E-state index contributed by atoms with van der Waals surface area (Å²) in [6, 6.07) is 9.11. The van der Waals surface area contributed by atoms with Crippen molar-refractivity contribution in [3.05, 3.63) is 65.2 Å². The Morgan fingerprint density at radius 1 is 1.19 bits per heavy atom. The van der Waals surface area contributed by atoms with Gasteiger partial charge in [0.05, 0.1) is 11.3 Å². The van der Waals surface area contributed by atoms with Crippen molar-refractivity contribution in [2.75, 3.05) is 11.9 Å². The van der Waals surface area contributed by atoms with Gasteiger partial charge in [-0.05, 0) is 50.2 Å². The van der Waals surface area contributed by atoms with E-state index in [1.54, 1.807) is 18.3 Å². The molecule has 1 N–H and O–H groups in total. The second kappa shape index (κ2) is 11.1. The molecule has 0 unspecified atom stereocenters. The maximum atomic E-state index is 12.5. The molecule has 0 bridgehead atoms. The van der Waals surface area contributed by atoms with Crippen molar-refractivity contribution in [2.45, 2.75) is 35.3 Å². The maximum absolute atomic E-state index is 12.5. The molecule has 0 aliphatic carbocycles. The summed E-state index contributed by atoms with van der Waals surface area (Å²) in [5.74, 6) is -2.54. The Morgan fingerprint density at radius 3 is 2.59 bits per heavy atom. The molecule has 0 saturated heterocycles. The Balaban J connectivity index is 1.55. The monoisotopic (exact) mass is 479 g/mol. The number of carbonyl (C=O) groups excluding carboxylic acids is 2. The standard InChI is InChI=1S/C21H19F2N3O4S2/c1-12-17(13(2)30-26-12)11-31-19-16(4-3-9-24-19)20(28)29-10-18(27)25-14-5-7-15(8-6-14)32-21(22)23/h3-9,21H,10-11H2,1-2H3,(H,25,27). The number of anilines is 1. The molecule has 11 heteroatoms. The van der Waals surface area contributed by atoms with E-state index in [1.807, 2.05) is 13.8 Å². The number of rotatable bonds is 9. The van der Waals surface area contributed by atoms with Gasteiger partial charge in [-0.3, -0.25) is 4.79 Å². The third kappa shape index (κ3) is 6.54. The zero-order chi connectivity index (χ0) is 23.1. The zero-order valence-electron chi connectivity index (χ0n) is 17.1. The van der Waals surface area contributed by atoms with Gasteiger partial charge in [-0.2, -0.15) is 8.78 Å². The molecule has 7 nitrogen and oxygen atoms in total. The van der Waals surface area contributed by atoms with E-state index in [-0.39, 0.29) is 5.56 Å². The lowest BCUT2D eigenvalue weighted by Gasteiger charge is -2.09. The number of pyridine rings is 1. The van der Waals surface area contributed by atoms with Crippen LogP contribution in [0.25, 0.3) is 0 Å². The molecule has 1 aromatic carbocycles. The molecule has 2 aromatic heterocycles. The molecule has 0 fully saturated rings. The fourth-order valence-electron chi connectivity index (χ4n) is 2.64. The number of nitrogens with one attached hydrogen (secondary N) is 1.